The standard InChI is InChI=1S/C18H17F3N6O/c19-18(20,21)14-7-24-17(25-8-14)27-4-3-11(9-27)10-28-16-13(5-22)6-23-15(26-16)12-1-2-12/h6-8,11-12H,1-4,9-10H2/t11-/m1/s1. The van der Waals surface area contributed by atoms with Crippen molar-refractivity contribution in [2.75, 3.05) is 24.6 Å². The average Bonchev–Trinajstić information content (AvgIpc) is 3.43. The molecule has 7 nitrogen and oxygen atoms in total. The van der Waals surface area contributed by atoms with Gasteiger partial charge in [-0.2, -0.15) is 23.4 Å². The molecule has 1 atom stereocenters. The summed E-state index contributed by atoms with van der Waals surface area (Å²) in [4.78, 5) is 18.1. The SMILES string of the molecule is N#Cc1cnc(C2CC2)nc1OC[C@@H]1CCN(c2ncc(C(F)(F)F)cn2)C1. The molecule has 2 aromatic heterocycles. The summed E-state index contributed by atoms with van der Waals surface area (Å²) in [6, 6.07) is 2.04. The van der Waals surface area contributed by atoms with Crippen LogP contribution < -0.4 is 9.64 Å². The third-order valence-electron chi connectivity index (χ3n) is 4.83. The zero-order valence-electron chi connectivity index (χ0n) is 14.9. The molecule has 2 aliphatic rings. The highest BCUT2D eigenvalue weighted by atomic mass is 19.4. The predicted octanol–water partition coefficient (Wildman–Crippen LogP) is 2.94. The van der Waals surface area contributed by atoms with Gasteiger partial charge in [-0.15, -0.1) is 0 Å². The van der Waals surface area contributed by atoms with Crippen LogP contribution in [-0.4, -0.2) is 39.6 Å². The number of hydrogen-bond donors (Lipinski definition) is 0. The largest absolute Gasteiger partial charge is 0.476 e. The van der Waals surface area contributed by atoms with Crippen LogP contribution in [0.15, 0.2) is 18.6 Å². The minimum atomic E-state index is -4.45. The van der Waals surface area contributed by atoms with Crippen LogP contribution in [0.3, 0.4) is 0 Å². The number of nitriles is 1. The molecule has 0 bridgehead atoms. The highest BCUT2D eigenvalue weighted by Crippen LogP contribution is 2.38. The van der Waals surface area contributed by atoms with Gasteiger partial charge in [-0.1, -0.05) is 0 Å². The van der Waals surface area contributed by atoms with E-state index in [1.54, 1.807) is 0 Å². The fourth-order valence-electron chi connectivity index (χ4n) is 3.08. The van der Waals surface area contributed by atoms with Gasteiger partial charge in [-0.25, -0.2) is 15.0 Å². The van der Waals surface area contributed by atoms with Gasteiger partial charge in [0.15, 0.2) is 0 Å². The molecule has 2 aromatic rings. The molecule has 0 spiro atoms. The lowest BCUT2D eigenvalue weighted by Crippen LogP contribution is -2.24. The second kappa shape index (κ2) is 7.22. The number of ether oxygens (including phenoxy) is 1. The normalized spacial score (nSPS) is 19.5. The third-order valence-corrected chi connectivity index (χ3v) is 4.83. The summed E-state index contributed by atoms with van der Waals surface area (Å²) in [5, 5.41) is 9.21. The van der Waals surface area contributed by atoms with E-state index >= 15 is 0 Å². The van der Waals surface area contributed by atoms with E-state index in [-0.39, 0.29) is 11.9 Å². The molecule has 0 N–H and O–H groups in total. The van der Waals surface area contributed by atoms with E-state index in [2.05, 4.69) is 19.9 Å². The number of aromatic nitrogens is 4. The van der Waals surface area contributed by atoms with Crippen molar-refractivity contribution in [2.24, 2.45) is 5.92 Å². The van der Waals surface area contributed by atoms with Crippen LogP contribution in [0.1, 0.15) is 42.1 Å². The van der Waals surface area contributed by atoms with Crippen LogP contribution in [0.5, 0.6) is 5.88 Å². The molecule has 28 heavy (non-hydrogen) atoms. The highest BCUT2D eigenvalue weighted by Gasteiger charge is 2.32. The first-order valence-electron chi connectivity index (χ1n) is 8.98. The minimum Gasteiger partial charge on any atom is -0.476 e. The Labute approximate surface area is 159 Å². The molecule has 1 aliphatic carbocycles. The molecular formula is C18H17F3N6O. The second-order valence-corrected chi connectivity index (χ2v) is 7.01. The molecule has 0 aromatic carbocycles. The summed E-state index contributed by atoms with van der Waals surface area (Å²) in [6.45, 7) is 1.54. The van der Waals surface area contributed by atoms with E-state index in [1.807, 2.05) is 11.0 Å². The Morgan fingerprint density at radius 3 is 2.54 bits per heavy atom. The van der Waals surface area contributed by atoms with Crippen molar-refractivity contribution in [3.63, 3.8) is 0 Å². The number of anilines is 1. The van der Waals surface area contributed by atoms with Crippen molar-refractivity contribution >= 4 is 5.95 Å². The Bertz CT molecular complexity index is 892. The molecule has 1 saturated carbocycles. The smallest absolute Gasteiger partial charge is 0.419 e. The van der Waals surface area contributed by atoms with Crippen molar-refractivity contribution in [2.45, 2.75) is 31.4 Å². The van der Waals surface area contributed by atoms with Crippen molar-refractivity contribution in [1.29, 1.82) is 5.26 Å². The predicted molar refractivity (Wildman–Crippen MR) is 91.6 cm³/mol. The summed E-state index contributed by atoms with van der Waals surface area (Å²) in [6.07, 6.45) is 1.53. The number of nitrogens with zero attached hydrogens (tertiary/aromatic N) is 6. The average molecular weight is 390 g/mol. The number of halogens is 3. The minimum absolute atomic E-state index is 0.136. The highest BCUT2D eigenvalue weighted by molar-refractivity contribution is 5.37. The first kappa shape index (κ1) is 18.4. The van der Waals surface area contributed by atoms with E-state index in [4.69, 9.17) is 4.74 Å². The zero-order valence-corrected chi connectivity index (χ0v) is 14.9. The Kier molecular flexibility index (Phi) is 4.75. The van der Waals surface area contributed by atoms with Crippen molar-refractivity contribution in [3.8, 4) is 11.9 Å². The van der Waals surface area contributed by atoms with Gasteiger partial charge in [-0.05, 0) is 19.3 Å². The van der Waals surface area contributed by atoms with Gasteiger partial charge in [-0.3, -0.25) is 0 Å². The number of alkyl halides is 3. The second-order valence-electron chi connectivity index (χ2n) is 7.01. The maximum absolute atomic E-state index is 12.6. The lowest BCUT2D eigenvalue weighted by molar-refractivity contribution is -0.138. The molecule has 3 heterocycles. The summed E-state index contributed by atoms with van der Waals surface area (Å²) >= 11 is 0. The Balaban J connectivity index is 1.36. The maximum Gasteiger partial charge on any atom is 0.419 e. The van der Waals surface area contributed by atoms with Crippen LogP contribution in [-0.2, 0) is 6.18 Å². The monoisotopic (exact) mass is 390 g/mol. The quantitative estimate of drug-likeness (QED) is 0.776. The first-order chi connectivity index (χ1) is 13.4. The van der Waals surface area contributed by atoms with Crippen LogP contribution in [0.25, 0.3) is 0 Å². The van der Waals surface area contributed by atoms with Gasteiger partial charge in [0.05, 0.1) is 18.4 Å². The lowest BCUT2D eigenvalue weighted by atomic mass is 10.1. The van der Waals surface area contributed by atoms with Crippen molar-refractivity contribution in [1.82, 2.24) is 19.9 Å². The van der Waals surface area contributed by atoms with E-state index in [1.165, 1.54) is 6.20 Å². The van der Waals surface area contributed by atoms with E-state index in [0.29, 0.717) is 42.9 Å². The summed E-state index contributed by atoms with van der Waals surface area (Å²) in [5.41, 5.74) is -0.570. The molecular weight excluding hydrogens is 373 g/mol. The third kappa shape index (κ3) is 3.98. The van der Waals surface area contributed by atoms with Crippen LogP contribution in [0.2, 0.25) is 0 Å². The van der Waals surface area contributed by atoms with Crippen LogP contribution >= 0.6 is 0 Å². The Morgan fingerprint density at radius 1 is 1.14 bits per heavy atom. The molecule has 146 valence electrons. The molecule has 4 rings (SSSR count). The van der Waals surface area contributed by atoms with Gasteiger partial charge in [0, 0.05) is 37.3 Å². The molecule has 10 heteroatoms. The number of hydrogen-bond acceptors (Lipinski definition) is 7. The molecule has 1 saturated heterocycles. The van der Waals surface area contributed by atoms with Crippen molar-refractivity contribution in [3.05, 3.63) is 35.5 Å². The van der Waals surface area contributed by atoms with Gasteiger partial charge in [0.1, 0.15) is 17.5 Å². The molecule has 0 unspecified atom stereocenters. The molecule has 0 radical (unpaired) electrons. The summed E-state index contributed by atoms with van der Waals surface area (Å²) in [5.74, 6) is 1.76. The Morgan fingerprint density at radius 2 is 1.89 bits per heavy atom. The van der Waals surface area contributed by atoms with E-state index < -0.39 is 11.7 Å². The molecule has 1 aliphatic heterocycles. The Hall–Kier alpha value is -2.96. The van der Waals surface area contributed by atoms with Gasteiger partial charge in [0.2, 0.25) is 11.8 Å². The number of rotatable bonds is 5. The van der Waals surface area contributed by atoms with Crippen LogP contribution in [0, 0.1) is 17.2 Å². The zero-order chi connectivity index (χ0) is 19.7. The summed E-state index contributed by atoms with van der Waals surface area (Å²) < 4.78 is 43.7. The van der Waals surface area contributed by atoms with E-state index in [9.17, 15) is 18.4 Å². The lowest BCUT2D eigenvalue weighted by Gasteiger charge is -2.17. The van der Waals surface area contributed by atoms with Crippen molar-refractivity contribution < 1.29 is 17.9 Å². The fraction of sp³-hybridized carbons (Fsp3) is 0.500. The fourth-order valence-corrected chi connectivity index (χ4v) is 3.08. The van der Waals surface area contributed by atoms with Gasteiger partial charge < -0.3 is 9.64 Å². The molecule has 0 amide bonds. The molecule has 2 fully saturated rings. The maximum atomic E-state index is 12.6. The topological polar surface area (TPSA) is 87.8 Å². The van der Waals surface area contributed by atoms with Gasteiger partial charge in [0.25, 0.3) is 0 Å². The van der Waals surface area contributed by atoms with E-state index in [0.717, 1.165) is 31.7 Å². The van der Waals surface area contributed by atoms with Gasteiger partial charge >= 0.3 is 6.18 Å². The first-order valence-corrected chi connectivity index (χ1v) is 8.98. The van der Waals surface area contributed by atoms with Crippen LogP contribution in [0.4, 0.5) is 19.1 Å². The summed E-state index contributed by atoms with van der Waals surface area (Å²) in [7, 11) is 0.